The third-order valence-corrected chi connectivity index (χ3v) is 3.51. The number of pyridine rings is 1. The zero-order valence-electron chi connectivity index (χ0n) is 14.0. The van der Waals surface area contributed by atoms with E-state index in [0.29, 0.717) is 19.0 Å². The summed E-state index contributed by atoms with van der Waals surface area (Å²) in [6.45, 7) is 6.00. The summed E-state index contributed by atoms with van der Waals surface area (Å²) in [4.78, 5) is 8.51. The van der Waals surface area contributed by atoms with E-state index in [4.69, 9.17) is 4.74 Å². The number of hydrogen-bond donors (Lipinski definition) is 2. The fourth-order valence-electron chi connectivity index (χ4n) is 2.21. The molecule has 122 valence electrons. The fraction of sp³-hybridized carbons (Fsp3) is 0.333. The first-order valence-electron chi connectivity index (χ1n) is 7.80. The van der Waals surface area contributed by atoms with Gasteiger partial charge in [0, 0.05) is 31.9 Å². The Labute approximate surface area is 137 Å². The second-order valence-corrected chi connectivity index (χ2v) is 5.11. The molecule has 0 aliphatic carbocycles. The molecule has 1 aromatic heterocycles. The van der Waals surface area contributed by atoms with Gasteiger partial charge in [-0.15, -0.1) is 0 Å². The summed E-state index contributed by atoms with van der Waals surface area (Å²) in [5.74, 6) is 1.41. The number of hydrogen-bond acceptors (Lipinski definition) is 3. The molecule has 5 heteroatoms. The van der Waals surface area contributed by atoms with Crippen LogP contribution in [0.2, 0.25) is 0 Å². The second kappa shape index (κ2) is 8.78. The monoisotopic (exact) mass is 312 g/mol. The minimum absolute atomic E-state index is 0.601. The molecule has 0 aliphatic rings. The Morgan fingerprint density at radius 1 is 1.09 bits per heavy atom. The van der Waals surface area contributed by atoms with Crippen molar-refractivity contribution in [3.8, 4) is 5.88 Å². The van der Waals surface area contributed by atoms with Crippen LogP contribution in [0, 0.1) is 6.92 Å². The van der Waals surface area contributed by atoms with Gasteiger partial charge in [-0.25, -0.2) is 4.98 Å². The highest BCUT2D eigenvalue weighted by atomic mass is 16.5. The van der Waals surface area contributed by atoms with Crippen molar-refractivity contribution >= 4 is 5.96 Å². The number of rotatable bonds is 6. The van der Waals surface area contributed by atoms with Crippen molar-refractivity contribution in [2.75, 3.05) is 13.7 Å². The lowest BCUT2D eigenvalue weighted by molar-refractivity contribution is 0.322. The van der Waals surface area contributed by atoms with Crippen LogP contribution < -0.4 is 15.4 Å². The maximum absolute atomic E-state index is 5.54. The average molecular weight is 312 g/mol. The van der Waals surface area contributed by atoms with E-state index in [9.17, 15) is 0 Å². The minimum atomic E-state index is 0.601. The molecule has 0 atom stereocenters. The molecule has 0 spiro atoms. The summed E-state index contributed by atoms with van der Waals surface area (Å²) in [6, 6.07) is 12.2. The highest BCUT2D eigenvalue weighted by Gasteiger charge is 2.05. The van der Waals surface area contributed by atoms with Gasteiger partial charge in [0.1, 0.15) is 0 Å². The standard InChI is InChI=1S/C18H24N4O/c1-4-23-17-16(10-7-11-20-17)13-22-18(19-3)21-12-15-9-6-5-8-14(15)2/h5-11H,4,12-13H2,1-3H3,(H2,19,21,22). The highest BCUT2D eigenvalue weighted by Crippen LogP contribution is 2.13. The molecule has 2 rings (SSSR count). The fourth-order valence-corrected chi connectivity index (χ4v) is 2.21. The first-order valence-corrected chi connectivity index (χ1v) is 7.80. The van der Waals surface area contributed by atoms with E-state index < -0.39 is 0 Å². The van der Waals surface area contributed by atoms with Gasteiger partial charge in [-0.05, 0) is 31.0 Å². The first-order chi connectivity index (χ1) is 11.2. The summed E-state index contributed by atoms with van der Waals surface area (Å²) < 4.78 is 5.54. The molecule has 0 fully saturated rings. The van der Waals surface area contributed by atoms with Gasteiger partial charge in [0.2, 0.25) is 5.88 Å². The van der Waals surface area contributed by atoms with Gasteiger partial charge in [0.15, 0.2) is 5.96 Å². The SMILES string of the molecule is CCOc1ncccc1CNC(=NC)NCc1ccccc1C. The van der Waals surface area contributed by atoms with E-state index in [2.05, 4.69) is 39.7 Å². The summed E-state index contributed by atoms with van der Waals surface area (Å²) in [5.41, 5.74) is 3.53. The average Bonchev–Trinajstić information content (AvgIpc) is 2.58. The number of aryl methyl sites for hydroxylation is 1. The molecule has 0 amide bonds. The summed E-state index contributed by atoms with van der Waals surface area (Å²) in [6.07, 6.45) is 1.74. The maximum Gasteiger partial charge on any atom is 0.218 e. The number of ether oxygens (including phenoxy) is 1. The Morgan fingerprint density at radius 3 is 2.48 bits per heavy atom. The molecule has 2 N–H and O–H groups in total. The van der Waals surface area contributed by atoms with Crippen LogP contribution in [0.5, 0.6) is 5.88 Å². The van der Waals surface area contributed by atoms with E-state index >= 15 is 0 Å². The van der Waals surface area contributed by atoms with Crippen LogP contribution >= 0.6 is 0 Å². The Balaban J connectivity index is 1.92. The highest BCUT2D eigenvalue weighted by molar-refractivity contribution is 5.79. The van der Waals surface area contributed by atoms with Crippen LogP contribution in [0.25, 0.3) is 0 Å². The van der Waals surface area contributed by atoms with Crippen LogP contribution in [0.1, 0.15) is 23.6 Å². The lowest BCUT2D eigenvalue weighted by atomic mass is 10.1. The molecule has 2 aromatic rings. The molecule has 0 aliphatic heterocycles. The molecule has 0 saturated heterocycles. The normalized spacial score (nSPS) is 11.2. The van der Waals surface area contributed by atoms with Crippen LogP contribution in [0.4, 0.5) is 0 Å². The lowest BCUT2D eigenvalue weighted by Gasteiger charge is -2.14. The van der Waals surface area contributed by atoms with Crippen molar-refractivity contribution in [2.45, 2.75) is 26.9 Å². The molecule has 23 heavy (non-hydrogen) atoms. The van der Waals surface area contributed by atoms with Crippen molar-refractivity contribution in [3.05, 3.63) is 59.3 Å². The largest absolute Gasteiger partial charge is 0.478 e. The van der Waals surface area contributed by atoms with Gasteiger partial charge in [0.25, 0.3) is 0 Å². The van der Waals surface area contributed by atoms with E-state index in [1.807, 2.05) is 31.2 Å². The van der Waals surface area contributed by atoms with Crippen LogP contribution in [-0.4, -0.2) is 24.6 Å². The Kier molecular flexibility index (Phi) is 6.41. The number of nitrogens with one attached hydrogen (secondary N) is 2. The molecular weight excluding hydrogens is 288 g/mol. The van der Waals surface area contributed by atoms with Crippen LogP contribution in [0.3, 0.4) is 0 Å². The van der Waals surface area contributed by atoms with Crippen molar-refractivity contribution in [3.63, 3.8) is 0 Å². The van der Waals surface area contributed by atoms with Gasteiger partial charge in [-0.1, -0.05) is 30.3 Å². The number of nitrogens with zero attached hydrogens (tertiary/aromatic N) is 2. The molecule has 1 heterocycles. The zero-order valence-corrected chi connectivity index (χ0v) is 14.0. The van der Waals surface area contributed by atoms with Gasteiger partial charge in [-0.3, -0.25) is 4.99 Å². The van der Waals surface area contributed by atoms with Crippen LogP contribution in [-0.2, 0) is 13.1 Å². The Morgan fingerprint density at radius 2 is 1.78 bits per heavy atom. The maximum atomic E-state index is 5.54. The minimum Gasteiger partial charge on any atom is -0.478 e. The van der Waals surface area contributed by atoms with E-state index in [0.717, 1.165) is 18.1 Å². The molecule has 0 radical (unpaired) electrons. The van der Waals surface area contributed by atoms with E-state index in [-0.39, 0.29) is 0 Å². The molecular formula is C18H24N4O. The number of aromatic nitrogens is 1. The number of aliphatic imine (C=N–C) groups is 1. The molecule has 0 bridgehead atoms. The predicted octanol–water partition coefficient (Wildman–Crippen LogP) is 2.65. The van der Waals surface area contributed by atoms with Crippen LogP contribution in [0.15, 0.2) is 47.6 Å². The van der Waals surface area contributed by atoms with E-state index in [1.165, 1.54) is 11.1 Å². The molecule has 0 saturated carbocycles. The summed E-state index contributed by atoms with van der Waals surface area (Å²) >= 11 is 0. The van der Waals surface area contributed by atoms with Crippen molar-refractivity contribution < 1.29 is 4.74 Å². The van der Waals surface area contributed by atoms with Crippen molar-refractivity contribution in [2.24, 2.45) is 4.99 Å². The Hall–Kier alpha value is -2.56. The summed E-state index contributed by atoms with van der Waals surface area (Å²) in [5, 5.41) is 6.62. The van der Waals surface area contributed by atoms with Crippen molar-refractivity contribution in [1.29, 1.82) is 0 Å². The Bertz CT molecular complexity index is 655. The zero-order chi connectivity index (χ0) is 16.5. The molecule has 5 nitrogen and oxygen atoms in total. The third-order valence-electron chi connectivity index (χ3n) is 3.51. The smallest absolute Gasteiger partial charge is 0.218 e. The van der Waals surface area contributed by atoms with Gasteiger partial charge in [0.05, 0.1) is 6.61 Å². The van der Waals surface area contributed by atoms with Gasteiger partial charge < -0.3 is 15.4 Å². The third kappa shape index (κ3) is 4.98. The van der Waals surface area contributed by atoms with Gasteiger partial charge in [-0.2, -0.15) is 0 Å². The quantitative estimate of drug-likeness (QED) is 0.636. The number of benzene rings is 1. The predicted molar refractivity (Wildman–Crippen MR) is 93.6 cm³/mol. The second-order valence-electron chi connectivity index (χ2n) is 5.11. The van der Waals surface area contributed by atoms with E-state index in [1.54, 1.807) is 13.2 Å². The first kappa shape index (κ1) is 16.8. The van der Waals surface area contributed by atoms with Gasteiger partial charge >= 0.3 is 0 Å². The number of guanidine groups is 1. The lowest BCUT2D eigenvalue weighted by Crippen LogP contribution is -2.36. The molecule has 1 aromatic carbocycles. The topological polar surface area (TPSA) is 58.5 Å². The van der Waals surface area contributed by atoms with Crippen molar-refractivity contribution in [1.82, 2.24) is 15.6 Å². The molecule has 0 unspecified atom stereocenters. The summed E-state index contributed by atoms with van der Waals surface area (Å²) in [7, 11) is 1.76.